The molecule has 2 atom stereocenters. The highest BCUT2D eigenvalue weighted by molar-refractivity contribution is 7.99. The Bertz CT molecular complexity index is 731. The zero-order valence-corrected chi connectivity index (χ0v) is 17.5. The number of nitrogens with zero attached hydrogens (tertiary/aromatic N) is 2. The van der Waals surface area contributed by atoms with E-state index in [-0.39, 0.29) is 16.8 Å². The van der Waals surface area contributed by atoms with Gasteiger partial charge in [-0.05, 0) is 43.7 Å². The summed E-state index contributed by atoms with van der Waals surface area (Å²) < 4.78 is 26.8. The molecule has 1 aromatic rings. The largest absolute Gasteiger partial charge is 0.352 e. The molecule has 6 nitrogen and oxygen atoms in total. The van der Waals surface area contributed by atoms with E-state index >= 15 is 0 Å². The fourth-order valence-corrected chi connectivity index (χ4v) is 5.89. The van der Waals surface area contributed by atoms with Crippen molar-refractivity contribution < 1.29 is 13.2 Å². The molecule has 0 bridgehead atoms. The molecule has 2 heterocycles. The van der Waals surface area contributed by atoms with E-state index in [1.807, 2.05) is 0 Å². The van der Waals surface area contributed by atoms with Gasteiger partial charge >= 0.3 is 0 Å². The van der Waals surface area contributed by atoms with Crippen LogP contribution in [0.1, 0.15) is 51.9 Å². The van der Waals surface area contributed by atoms with Gasteiger partial charge in [0.25, 0.3) is 0 Å². The first-order valence-corrected chi connectivity index (χ1v) is 12.3. The fourth-order valence-electron chi connectivity index (χ4n) is 3.78. The Morgan fingerprint density at radius 3 is 2.59 bits per heavy atom. The average molecular weight is 412 g/mol. The van der Waals surface area contributed by atoms with Crippen LogP contribution in [0.3, 0.4) is 0 Å². The molecule has 0 spiro atoms. The van der Waals surface area contributed by atoms with Gasteiger partial charge in [-0.3, -0.25) is 4.79 Å². The summed E-state index contributed by atoms with van der Waals surface area (Å²) >= 11 is 1.34. The van der Waals surface area contributed by atoms with Crippen molar-refractivity contribution in [2.75, 3.05) is 18.8 Å². The number of piperidine rings is 1. The first-order valence-electron chi connectivity index (χ1n) is 9.85. The second-order valence-electron chi connectivity index (χ2n) is 7.52. The third-order valence-electron chi connectivity index (χ3n) is 5.47. The summed E-state index contributed by atoms with van der Waals surface area (Å²) in [6.07, 6.45) is 8.97. The number of amides is 1. The summed E-state index contributed by atoms with van der Waals surface area (Å²) in [4.78, 5) is 16.7. The molecule has 27 heavy (non-hydrogen) atoms. The number of rotatable bonds is 6. The zero-order valence-electron chi connectivity index (χ0n) is 15.9. The number of pyridine rings is 1. The highest BCUT2D eigenvalue weighted by Gasteiger charge is 2.26. The van der Waals surface area contributed by atoms with Crippen LogP contribution in [0.4, 0.5) is 0 Å². The van der Waals surface area contributed by atoms with E-state index in [1.165, 1.54) is 37.2 Å². The second-order valence-corrected chi connectivity index (χ2v) is 10.5. The summed E-state index contributed by atoms with van der Waals surface area (Å²) in [6.45, 7) is 3.36. The highest BCUT2D eigenvalue weighted by Crippen LogP contribution is 2.25. The molecule has 1 saturated heterocycles. The quantitative estimate of drug-likeness (QED) is 0.728. The van der Waals surface area contributed by atoms with Crippen LogP contribution >= 0.6 is 11.8 Å². The minimum absolute atomic E-state index is 0.0190. The van der Waals surface area contributed by atoms with Crippen LogP contribution in [0.25, 0.3) is 0 Å². The van der Waals surface area contributed by atoms with Crippen LogP contribution in [-0.4, -0.2) is 48.5 Å². The topological polar surface area (TPSA) is 79.4 Å². The molecule has 3 rings (SSSR count). The van der Waals surface area contributed by atoms with E-state index in [4.69, 9.17) is 0 Å². The van der Waals surface area contributed by atoms with Crippen molar-refractivity contribution in [3.05, 3.63) is 18.3 Å². The monoisotopic (exact) mass is 411 g/mol. The number of thioether (sulfide) groups is 1. The van der Waals surface area contributed by atoms with Gasteiger partial charge in [0.05, 0.1) is 10.8 Å². The maximum absolute atomic E-state index is 12.6. The maximum Gasteiger partial charge on any atom is 0.244 e. The molecule has 2 fully saturated rings. The second kappa shape index (κ2) is 9.39. The number of aromatic nitrogens is 1. The lowest BCUT2D eigenvalue weighted by molar-refractivity contribution is -0.119. The van der Waals surface area contributed by atoms with Gasteiger partial charge in [-0.2, -0.15) is 4.31 Å². The molecule has 1 N–H and O–H groups in total. The van der Waals surface area contributed by atoms with Gasteiger partial charge in [-0.1, -0.05) is 37.9 Å². The number of sulfonamides is 1. The lowest BCUT2D eigenvalue weighted by Gasteiger charge is -2.29. The van der Waals surface area contributed by atoms with Gasteiger partial charge in [0.2, 0.25) is 15.9 Å². The molecular formula is C19H29N3O3S2. The van der Waals surface area contributed by atoms with E-state index in [1.54, 1.807) is 16.4 Å². The third kappa shape index (κ3) is 5.45. The Labute approximate surface area is 166 Å². The van der Waals surface area contributed by atoms with Crippen molar-refractivity contribution >= 4 is 27.7 Å². The first kappa shape index (κ1) is 20.6. The van der Waals surface area contributed by atoms with E-state index in [2.05, 4.69) is 17.2 Å². The standard InChI is InChI=1S/C19H29N3O3S2/c1-15-7-3-4-8-17(15)21-18(23)14-26-19-10-9-16(13-20-19)27(24,25)22-11-5-2-6-12-22/h9-10,13,15,17H,2-8,11-12,14H2,1H3,(H,21,23)/t15-,17+/m1/s1. The van der Waals surface area contributed by atoms with Crippen molar-refractivity contribution in [3.8, 4) is 0 Å². The van der Waals surface area contributed by atoms with Crippen LogP contribution < -0.4 is 5.32 Å². The normalized spacial score (nSPS) is 24.5. The van der Waals surface area contributed by atoms with Gasteiger partial charge in [0, 0.05) is 25.3 Å². The van der Waals surface area contributed by atoms with Gasteiger partial charge in [0.1, 0.15) is 4.90 Å². The highest BCUT2D eigenvalue weighted by atomic mass is 32.2. The average Bonchev–Trinajstić information content (AvgIpc) is 2.69. The first-order chi connectivity index (χ1) is 13.0. The van der Waals surface area contributed by atoms with Gasteiger partial charge in [-0.25, -0.2) is 13.4 Å². The summed E-state index contributed by atoms with van der Waals surface area (Å²) in [6, 6.07) is 3.56. The molecule has 0 radical (unpaired) electrons. The summed E-state index contributed by atoms with van der Waals surface area (Å²) in [5.41, 5.74) is 0. The molecule has 150 valence electrons. The van der Waals surface area contributed by atoms with Crippen LogP contribution in [0.5, 0.6) is 0 Å². The Morgan fingerprint density at radius 2 is 1.93 bits per heavy atom. The number of hydrogen-bond donors (Lipinski definition) is 1. The molecule has 1 aliphatic carbocycles. The Morgan fingerprint density at radius 1 is 1.19 bits per heavy atom. The molecule has 2 aliphatic rings. The Balaban J connectivity index is 1.52. The van der Waals surface area contributed by atoms with Crippen molar-refractivity contribution in [2.45, 2.75) is 67.8 Å². The Kier molecular flexibility index (Phi) is 7.16. The maximum atomic E-state index is 12.6. The van der Waals surface area contributed by atoms with Crippen LogP contribution in [0.15, 0.2) is 28.3 Å². The molecule has 0 unspecified atom stereocenters. The number of carbonyl (C=O) groups is 1. The smallest absolute Gasteiger partial charge is 0.244 e. The van der Waals surface area contributed by atoms with E-state index in [0.717, 1.165) is 25.7 Å². The molecule has 8 heteroatoms. The molecule has 1 saturated carbocycles. The summed E-state index contributed by atoms with van der Waals surface area (Å²) in [5.74, 6) is 0.852. The van der Waals surface area contributed by atoms with Crippen LogP contribution in [-0.2, 0) is 14.8 Å². The third-order valence-corrected chi connectivity index (χ3v) is 8.30. The van der Waals surface area contributed by atoms with Crippen molar-refractivity contribution in [1.29, 1.82) is 0 Å². The van der Waals surface area contributed by atoms with Crippen molar-refractivity contribution in [1.82, 2.24) is 14.6 Å². The van der Waals surface area contributed by atoms with Crippen molar-refractivity contribution in [2.24, 2.45) is 5.92 Å². The van der Waals surface area contributed by atoms with Gasteiger partial charge in [-0.15, -0.1) is 0 Å². The van der Waals surface area contributed by atoms with E-state index in [9.17, 15) is 13.2 Å². The minimum atomic E-state index is -3.45. The fraction of sp³-hybridized carbons (Fsp3) is 0.684. The predicted molar refractivity (Wildman–Crippen MR) is 107 cm³/mol. The number of carbonyl (C=O) groups excluding carboxylic acids is 1. The summed E-state index contributed by atoms with van der Waals surface area (Å²) in [7, 11) is -3.45. The van der Waals surface area contributed by atoms with Crippen LogP contribution in [0, 0.1) is 5.92 Å². The molecule has 1 aliphatic heterocycles. The van der Waals surface area contributed by atoms with Gasteiger partial charge in [0.15, 0.2) is 0 Å². The molecule has 1 amide bonds. The molecule has 0 aromatic carbocycles. The van der Waals surface area contributed by atoms with Crippen molar-refractivity contribution in [3.63, 3.8) is 0 Å². The lowest BCUT2D eigenvalue weighted by atomic mass is 9.86. The number of nitrogens with one attached hydrogen (secondary N) is 1. The predicted octanol–water partition coefficient (Wildman–Crippen LogP) is 3.04. The minimum Gasteiger partial charge on any atom is -0.352 e. The van der Waals surface area contributed by atoms with Crippen LogP contribution in [0.2, 0.25) is 0 Å². The number of hydrogen-bond acceptors (Lipinski definition) is 5. The van der Waals surface area contributed by atoms with E-state index in [0.29, 0.717) is 29.8 Å². The molecular weight excluding hydrogens is 382 g/mol. The Hall–Kier alpha value is -1.12. The van der Waals surface area contributed by atoms with Gasteiger partial charge < -0.3 is 5.32 Å². The molecule has 1 aromatic heterocycles. The lowest BCUT2D eigenvalue weighted by Crippen LogP contribution is -2.41. The summed E-state index contributed by atoms with van der Waals surface area (Å²) in [5, 5.41) is 3.79. The zero-order chi connectivity index (χ0) is 19.3. The van der Waals surface area contributed by atoms with E-state index < -0.39 is 10.0 Å². The SMILES string of the molecule is C[C@@H]1CCCC[C@@H]1NC(=O)CSc1ccc(S(=O)(=O)N2CCCCC2)cn1.